The van der Waals surface area contributed by atoms with Gasteiger partial charge in [-0.1, -0.05) is 12.2 Å². The number of nitrogens with two attached hydrogens (primary N) is 1. The zero-order chi connectivity index (χ0) is 15.4. The summed E-state index contributed by atoms with van der Waals surface area (Å²) in [6, 6.07) is 2.93. The van der Waals surface area contributed by atoms with E-state index in [0.29, 0.717) is 6.61 Å². The van der Waals surface area contributed by atoms with Crippen molar-refractivity contribution in [2.24, 2.45) is 5.73 Å². The summed E-state index contributed by atoms with van der Waals surface area (Å²) in [5.41, 5.74) is 4.98. The monoisotopic (exact) mass is 317 g/mol. The van der Waals surface area contributed by atoms with Crippen LogP contribution in [0.2, 0.25) is 0 Å². The van der Waals surface area contributed by atoms with Gasteiger partial charge in [-0.2, -0.15) is 0 Å². The van der Waals surface area contributed by atoms with E-state index in [1.54, 1.807) is 13.8 Å². The molecule has 0 fully saturated rings. The third-order valence-corrected chi connectivity index (χ3v) is 4.14. The molecule has 112 valence electrons. The van der Waals surface area contributed by atoms with Crippen LogP contribution in [0.15, 0.2) is 23.2 Å². The predicted octanol–water partition coefficient (Wildman–Crippen LogP) is 0.809. The maximum absolute atomic E-state index is 12.3. The van der Waals surface area contributed by atoms with Crippen molar-refractivity contribution in [3.8, 4) is 0 Å². The molecule has 0 saturated heterocycles. The summed E-state index contributed by atoms with van der Waals surface area (Å²) in [6.07, 6.45) is 1.44. The highest BCUT2D eigenvalue weighted by atomic mass is 32.2. The van der Waals surface area contributed by atoms with E-state index in [0.717, 1.165) is 0 Å². The van der Waals surface area contributed by atoms with Crippen LogP contribution in [0.3, 0.4) is 0 Å². The highest BCUT2D eigenvalue weighted by Crippen LogP contribution is 2.14. The number of nitrogens with zero attached hydrogens (tertiary/aromatic N) is 1. The average Bonchev–Trinajstić information content (AvgIpc) is 2.37. The summed E-state index contributed by atoms with van der Waals surface area (Å²) in [5.74, 6) is 0. The molecule has 0 saturated carbocycles. The molecule has 0 aromatic carbocycles. The zero-order valence-electron chi connectivity index (χ0n) is 11.7. The molecule has 1 aromatic heterocycles. The van der Waals surface area contributed by atoms with Crippen LogP contribution in [0.4, 0.5) is 0 Å². The summed E-state index contributed by atoms with van der Waals surface area (Å²) < 4.78 is 32.5. The second-order valence-electron chi connectivity index (χ2n) is 4.73. The summed E-state index contributed by atoms with van der Waals surface area (Å²) in [6.45, 7) is 6.09. The molecule has 0 radical (unpaired) electrons. The lowest BCUT2D eigenvalue weighted by atomic mass is 10.1. The van der Waals surface area contributed by atoms with Gasteiger partial charge in [-0.3, -0.25) is 4.98 Å². The van der Waals surface area contributed by atoms with Gasteiger partial charge in [-0.05, 0) is 32.9 Å². The first-order chi connectivity index (χ1) is 9.19. The number of rotatable bonds is 7. The molecule has 0 bridgehead atoms. The summed E-state index contributed by atoms with van der Waals surface area (Å²) in [5, 5.41) is 0. The lowest BCUT2D eigenvalue weighted by Gasteiger charge is -2.25. The lowest BCUT2D eigenvalue weighted by molar-refractivity contribution is -0.00515. The number of sulfonamides is 1. The highest BCUT2D eigenvalue weighted by molar-refractivity contribution is 7.89. The Hall–Kier alpha value is -1.09. The minimum absolute atomic E-state index is 0.0280. The van der Waals surface area contributed by atoms with Gasteiger partial charge in [0.15, 0.2) is 0 Å². The van der Waals surface area contributed by atoms with Crippen molar-refractivity contribution in [2.45, 2.75) is 31.3 Å². The van der Waals surface area contributed by atoms with Crippen molar-refractivity contribution in [1.29, 1.82) is 0 Å². The first-order valence-corrected chi connectivity index (χ1v) is 7.97. The van der Waals surface area contributed by atoms with E-state index in [9.17, 15) is 8.42 Å². The number of pyridine rings is 1. The zero-order valence-corrected chi connectivity index (χ0v) is 13.3. The molecule has 1 heterocycles. The average molecular weight is 317 g/mol. The van der Waals surface area contributed by atoms with Crippen molar-refractivity contribution < 1.29 is 13.2 Å². The fourth-order valence-corrected chi connectivity index (χ4v) is 3.18. The molecule has 1 rings (SSSR count). The number of aromatic nitrogens is 1. The van der Waals surface area contributed by atoms with Gasteiger partial charge in [0.1, 0.15) is 15.6 Å². The van der Waals surface area contributed by atoms with E-state index < -0.39 is 15.6 Å². The largest absolute Gasteiger partial charge is 0.388 e. The van der Waals surface area contributed by atoms with Crippen LogP contribution in [-0.2, 0) is 14.8 Å². The Labute approximate surface area is 124 Å². The smallest absolute Gasteiger partial charge is 0.242 e. The van der Waals surface area contributed by atoms with E-state index in [1.165, 1.54) is 18.3 Å². The van der Waals surface area contributed by atoms with Gasteiger partial charge in [-0.25, -0.2) is 13.1 Å². The molecule has 0 amide bonds. The fourth-order valence-electron chi connectivity index (χ4n) is 1.58. The predicted molar refractivity (Wildman–Crippen MR) is 81.0 cm³/mol. The first-order valence-electron chi connectivity index (χ1n) is 6.08. The van der Waals surface area contributed by atoms with E-state index in [2.05, 4.69) is 9.71 Å². The van der Waals surface area contributed by atoms with Gasteiger partial charge in [0.2, 0.25) is 10.0 Å². The Bertz CT molecular complexity index is 585. The number of nitrogens with one attached hydrogen (secondary N) is 1. The van der Waals surface area contributed by atoms with Gasteiger partial charge in [0.25, 0.3) is 0 Å². The lowest BCUT2D eigenvalue weighted by Crippen LogP contribution is -2.41. The Kier molecular flexibility index (Phi) is 5.58. The molecule has 8 heteroatoms. The van der Waals surface area contributed by atoms with Crippen molar-refractivity contribution in [1.82, 2.24) is 9.71 Å². The molecular weight excluding hydrogens is 298 g/mol. The van der Waals surface area contributed by atoms with E-state index >= 15 is 0 Å². The minimum Gasteiger partial charge on any atom is -0.388 e. The third-order valence-electron chi connectivity index (χ3n) is 2.52. The molecule has 1 aromatic rings. The van der Waals surface area contributed by atoms with Crippen LogP contribution in [0.1, 0.15) is 26.5 Å². The van der Waals surface area contributed by atoms with Gasteiger partial charge < -0.3 is 10.5 Å². The first kappa shape index (κ1) is 17.0. The quantitative estimate of drug-likeness (QED) is 0.723. The Morgan fingerprint density at radius 3 is 2.75 bits per heavy atom. The maximum atomic E-state index is 12.3. The van der Waals surface area contributed by atoms with Gasteiger partial charge in [0, 0.05) is 19.3 Å². The molecule has 20 heavy (non-hydrogen) atoms. The number of hydrogen-bond donors (Lipinski definition) is 2. The van der Waals surface area contributed by atoms with Crippen LogP contribution in [0.5, 0.6) is 0 Å². The van der Waals surface area contributed by atoms with E-state index in [4.69, 9.17) is 22.7 Å². The molecule has 0 aliphatic heterocycles. The summed E-state index contributed by atoms with van der Waals surface area (Å²) in [7, 11) is -3.75. The topological polar surface area (TPSA) is 94.3 Å². The van der Waals surface area contributed by atoms with E-state index in [-0.39, 0.29) is 22.1 Å². The normalized spacial score (nSPS) is 12.3. The fraction of sp³-hybridized carbons (Fsp3) is 0.500. The van der Waals surface area contributed by atoms with Crippen LogP contribution in [0, 0.1) is 0 Å². The molecule has 0 aliphatic carbocycles. The Balaban J connectivity index is 2.98. The van der Waals surface area contributed by atoms with Crippen LogP contribution in [0.25, 0.3) is 0 Å². The van der Waals surface area contributed by atoms with Gasteiger partial charge in [-0.15, -0.1) is 0 Å². The highest BCUT2D eigenvalue weighted by Gasteiger charge is 2.25. The molecule has 0 atom stereocenters. The van der Waals surface area contributed by atoms with Crippen molar-refractivity contribution in [3.63, 3.8) is 0 Å². The molecule has 0 unspecified atom stereocenters. The second-order valence-corrected chi connectivity index (χ2v) is 6.91. The van der Waals surface area contributed by atoms with Crippen LogP contribution in [-0.4, -0.2) is 37.1 Å². The molecular formula is C12H19N3O3S2. The van der Waals surface area contributed by atoms with Crippen molar-refractivity contribution in [2.75, 3.05) is 13.2 Å². The van der Waals surface area contributed by atoms with E-state index in [1.807, 2.05) is 6.92 Å². The molecule has 0 spiro atoms. The molecule has 3 N–H and O–H groups in total. The van der Waals surface area contributed by atoms with Crippen molar-refractivity contribution in [3.05, 3.63) is 24.0 Å². The van der Waals surface area contributed by atoms with Crippen molar-refractivity contribution >= 4 is 27.2 Å². The second kappa shape index (κ2) is 6.57. The molecule has 6 nitrogen and oxygen atoms in total. The van der Waals surface area contributed by atoms with Crippen LogP contribution >= 0.6 is 12.2 Å². The minimum atomic E-state index is -3.75. The Morgan fingerprint density at radius 1 is 1.55 bits per heavy atom. The molecule has 0 aliphatic rings. The summed E-state index contributed by atoms with van der Waals surface area (Å²) >= 11 is 4.82. The van der Waals surface area contributed by atoms with Crippen LogP contribution < -0.4 is 10.5 Å². The standard InChI is InChI=1S/C12H19N3O3S2/c1-4-18-12(2,3)8-15-20(16,17)9-6-5-7-14-10(9)11(13)19/h5-7,15H,4,8H2,1-3H3,(H2,13,19). The number of hydrogen-bond acceptors (Lipinski definition) is 5. The summed E-state index contributed by atoms with van der Waals surface area (Å²) in [4.78, 5) is 3.82. The third kappa shape index (κ3) is 4.48. The van der Waals surface area contributed by atoms with Gasteiger partial charge in [0.05, 0.1) is 5.60 Å². The number of thiocarbonyl (C=S) groups is 1. The maximum Gasteiger partial charge on any atom is 0.242 e. The Morgan fingerprint density at radius 2 is 2.20 bits per heavy atom. The SMILES string of the molecule is CCOC(C)(C)CNS(=O)(=O)c1cccnc1C(N)=S. The number of ether oxygens (including phenoxy) is 1. The van der Waals surface area contributed by atoms with Gasteiger partial charge >= 0.3 is 0 Å².